The molecule has 170 valence electrons. The van der Waals surface area contributed by atoms with Crippen LogP contribution in [0.15, 0.2) is 48.7 Å². The molecule has 2 aromatic carbocycles. The predicted octanol–water partition coefficient (Wildman–Crippen LogP) is 4.56. The van der Waals surface area contributed by atoms with Crippen LogP contribution < -0.4 is 10.2 Å². The molecule has 1 aliphatic rings. The largest absolute Gasteiger partial charge is 0.348 e. The first-order valence-corrected chi connectivity index (χ1v) is 10.4. The molecule has 33 heavy (non-hydrogen) atoms. The zero-order valence-electron chi connectivity index (χ0n) is 18.4. The smallest absolute Gasteiger partial charge is 0.251 e. The van der Waals surface area contributed by atoms with Gasteiger partial charge in [0.15, 0.2) is 0 Å². The lowest BCUT2D eigenvalue weighted by Gasteiger charge is -2.20. The maximum Gasteiger partial charge on any atom is 0.251 e. The number of benzene rings is 2. The summed E-state index contributed by atoms with van der Waals surface area (Å²) in [6.07, 6.45) is 1.68. The first kappa shape index (κ1) is 22.5. The second-order valence-electron chi connectivity index (χ2n) is 8.58. The van der Waals surface area contributed by atoms with Crippen molar-refractivity contribution in [2.45, 2.75) is 39.3 Å². The van der Waals surface area contributed by atoms with Crippen molar-refractivity contribution in [2.24, 2.45) is 0 Å². The molecule has 0 spiro atoms. The van der Waals surface area contributed by atoms with Crippen molar-refractivity contribution in [2.75, 3.05) is 4.90 Å². The van der Waals surface area contributed by atoms with E-state index in [4.69, 9.17) is 0 Å². The van der Waals surface area contributed by atoms with Gasteiger partial charge in [0, 0.05) is 47.4 Å². The predicted molar refractivity (Wildman–Crippen MR) is 117 cm³/mol. The summed E-state index contributed by atoms with van der Waals surface area (Å²) < 4.78 is 40.9. The highest BCUT2D eigenvalue weighted by Crippen LogP contribution is 2.42. The first-order valence-electron chi connectivity index (χ1n) is 10.4. The van der Waals surface area contributed by atoms with Gasteiger partial charge in [-0.25, -0.2) is 13.2 Å². The number of rotatable bonds is 5. The number of hydrogen-bond donors (Lipinski definition) is 1. The Morgan fingerprint density at radius 3 is 2.42 bits per heavy atom. The number of hydrogen-bond acceptors (Lipinski definition) is 3. The third kappa shape index (κ3) is 4.20. The number of nitrogens with zero attached hydrogens (tertiary/aromatic N) is 2. The van der Waals surface area contributed by atoms with Gasteiger partial charge in [-0.15, -0.1) is 0 Å². The Labute approximate surface area is 189 Å². The highest BCUT2D eigenvalue weighted by atomic mass is 19.1. The Morgan fingerprint density at radius 2 is 1.76 bits per heavy atom. The van der Waals surface area contributed by atoms with Gasteiger partial charge in [0.25, 0.3) is 5.91 Å². The van der Waals surface area contributed by atoms with E-state index in [1.54, 1.807) is 29.3 Å². The fraction of sp³-hybridized carbons (Fsp3) is 0.240. The van der Waals surface area contributed by atoms with Crippen molar-refractivity contribution in [1.82, 2.24) is 10.3 Å². The Kier molecular flexibility index (Phi) is 5.69. The molecule has 0 saturated heterocycles. The van der Waals surface area contributed by atoms with Gasteiger partial charge >= 0.3 is 0 Å². The molecule has 0 unspecified atom stereocenters. The van der Waals surface area contributed by atoms with E-state index in [2.05, 4.69) is 10.3 Å². The van der Waals surface area contributed by atoms with E-state index in [1.807, 2.05) is 32.9 Å². The zero-order valence-corrected chi connectivity index (χ0v) is 18.4. The average Bonchev–Trinajstić information content (AvgIpc) is 2.93. The zero-order chi connectivity index (χ0) is 23.9. The fourth-order valence-corrected chi connectivity index (χ4v) is 4.04. The van der Waals surface area contributed by atoms with Crippen LogP contribution in [-0.4, -0.2) is 16.8 Å². The molecule has 1 aromatic heterocycles. The van der Waals surface area contributed by atoms with Crippen molar-refractivity contribution in [3.63, 3.8) is 0 Å². The van der Waals surface area contributed by atoms with E-state index in [1.165, 1.54) is 0 Å². The topological polar surface area (TPSA) is 62.3 Å². The number of halogens is 3. The Balaban J connectivity index is 1.60. The van der Waals surface area contributed by atoms with Crippen LogP contribution >= 0.6 is 0 Å². The molecule has 1 aliphatic heterocycles. The number of anilines is 1. The lowest BCUT2D eigenvalue weighted by Crippen LogP contribution is -2.35. The Bertz CT molecular complexity index is 1250. The molecule has 0 aliphatic carbocycles. The highest BCUT2D eigenvalue weighted by molar-refractivity contribution is 6.08. The van der Waals surface area contributed by atoms with Crippen LogP contribution in [0.2, 0.25) is 0 Å². The minimum absolute atomic E-state index is 0.0972. The minimum atomic E-state index is -1.08. The third-order valence-corrected chi connectivity index (χ3v) is 5.84. The summed E-state index contributed by atoms with van der Waals surface area (Å²) in [6.45, 7) is 5.38. The van der Waals surface area contributed by atoms with Crippen molar-refractivity contribution in [3.8, 4) is 0 Å². The van der Waals surface area contributed by atoms with Crippen molar-refractivity contribution in [1.29, 1.82) is 0 Å². The van der Waals surface area contributed by atoms with Gasteiger partial charge in [0.2, 0.25) is 5.91 Å². The summed E-state index contributed by atoms with van der Waals surface area (Å²) in [6, 6.07) is 9.73. The van der Waals surface area contributed by atoms with Gasteiger partial charge < -0.3 is 10.2 Å². The summed E-state index contributed by atoms with van der Waals surface area (Å²) in [4.78, 5) is 31.7. The highest BCUT2D eigenvalue weighted by Gasteiger charge is 2.44. The van der Waals surface area contributed by atoms with Gasteiger partial charge in [-0.05, 0) is 56.2 Å². The van der Waals surface area contributed by atoms with Gasteiger partial charge in [-0.2, -0.15) is 0 Å². The summed E-state index contributed by atoms with van der Waals surface area (Å²) in [5.41, 5.74) is 2.14. The van der Waals surface area contributed by atoms with Gasteiger partial charge in [-0.1, -0.05) is 6.07 Å². The molecule has 4 rings (SSSR count). The molecular weight excluding hydrogens is 431 g/mol. The van der Waals surface area contributed by atoms with Crippen molar-refractivity contribution < 1.29 is 22.8 Å². The molecule has 0 saturated carbocycles. The molecule has 1 N–H and O–H groups in total. The van der Waals surface area contributed by atoms with E-state index in [0.717, 1.165) is 16.8 Å². The summed E-state index contributed by atoms with van der Waals surface area (Å²) >= 11 is 0. The Hall–Kier alpha value is -3.68. The van der Waals surface area contributed by atoms with Crippen LogP contribution in [-0.2, 0) is 23.3 Å². The fourth-order valence-electron chi connectivity index (χ4n) is 4.04. The van der Waals surface area contributed by atoms with Crippen molar-refractivity contribution >= 4 is 17.5 Å². The molecule has 8 heteroatoms. The van der Waals surface area contributed by atoms with Crippen molar-refractivity contribution in [3.05, 3.63) is 94.1 Å². The van der Waals surface area contributed by atoms with Gasteiger partial charge in [0.05, 0.1) is 12.0 Å². The molecule has 2 heterocycles. The van der Waals surface area contributed by atoms with Crippen LogP contribution in [0, 0.1) is 24.4 Å². The summed E-state index contributed by atoms with van der Waals surface area (Å²) in [5, 5.41) is 2.46. The van der Waals surface area contributed by atoms with Crippen LogP contribution in [0.3, 0.4) is 0 Å². The van der Waals surface area contributed by atoms with Crippen LogP contribution in [0.4, 0.5) is 18.9 Å². The minimum Gasteiger partial charge on any atom is -0.348 e. The van der Waals surface area contributed by atoms with Crippen LogP contribution in [0.1, 0.15) is 46.6 Å². The molecule has 3 aromatic rings. The molecule has 2 amide bonds. The van der Waals surface area contributed by atoms with Gasteiger partial charge in [-0.3, -0.25) is 14.6 Å². The van der Waals surface area contributed by atoms with Crippen LogP contribution in [0.5, 0.6) is 0 Å². The second-order valence-corrected chi connectivity index (χ2v) is 8.58. The van der Waals surface area contributed by atoms with Gasteiger partial charge in [0.1, 0.15) is 17.5 Å². The monoisotopic (exact) mass is 453 g/mol. The number of carbonyl (C=O) groups is 2. The van der Waals surface area contributed by atoms with E-state index in [0.29, 0.717) is 24.4 Å². The molecule has 0 fully saturated rings. The van der Waals surface area contributed by atoms with E-state index >= 15 is 0 Å². The number of pyridine rings is 1. The lowest BCUT2D eigenvalue weighted by atomic mass is 9.86. The van der Waals surface area contributed by atoms with Crippen LogP contribution in [0.25, 0.3) is 0 Å². The van der Waals surface area contributed by atoms with E-state index in [9.17, 15) is 22.8 Å². The normalized spacial score (nSPS) is 14.4. The summed E-state index contributed by atoms with van der Waals surface area (Å²) in [5.74, 6) is -3.85. The molecule has 0 bridgehead atoms. The second kappa shape index (κ2) is 8.35. The lowest BCUT2D eigenvalue weighted by molar-refractivity contribution is -0.122. The maximum atomic E-state index is 13.9. The first-order chi connectivity index (χ1) is 15.6. The van der Waals surface area contributed by atoms with E-state index in [-0.39, 0.29) is 11.5 Å². The quantitative estimate of drug-likeness (QED) is 0.616. The maximum absolute atomic E-state index is 13.9. The SMILES string of the molecule is Cc1cc(CN2C(=O)C(C)(C)c3ccc(C(=O)NCc4c(F)cc(F)cc4F)cc32)ccn1. The number of aryl methyl sites for hydroxylation is 1. The number of fused-ring (bicyclic) bond motifs is 1. The standard InChI is InChI=1S/C25H22F3N3O2/c1-14-8-15(6-7-29-14)13-31-22-9-16(4-5-19(22)25(2,3)24(31)33)23(32)30-12-18-20(27)10-17(26)11-21(18)28/h4-11H,12-13H2,1-3H3,(H,30,32). The molecule has 0 atom stereocenters. The molecule has 0 radical (unpaired) electrons. The molecular formula is C25H22F3N3O2. The third-order valence-electron chi connectivity index (χ3n) is 5.84. The number of carbonyl (C=O) groups excluding carboxylic acids is 2. The van der Waals surface area contributed by atoms with E-state index < -0.39 is 40.9 Å². The number of aromatic nitrogens is 1. The molecule has 5 nitrogen and oxygen atoms in total. The number of amides is 2. The number of nitrogens with one attached hydrogen (secondary N) is 1. The Morgan fingerprint density at radius 1 is 1.06 bits per heavy atom. The summed E-state index contributed by atoms with van der Waals surface area (Å²) in [7, 11) is 0. The average molecular weight is 453 g/mol.